The quantitative estimate of drug-likeness (QED) is 0.673. The summed E-state index contributed by atoms with van der Waals surface area (Å²) in [4.78, 5) is 25.6. The number of likely N-dealkylation sites (tertiary alicyclic amines) is 1. The topological polar surface area (TPSA) is 70.7 Å². The Morgan fingerprint density at radius 2 is 2.38 bits per heavy atom. The molecule has 1 saturated heterocycles. The molecule has 0 aliphatic carbocycles. The summed E-state index contributed by atoms with van der Waals surface area (Å²) in [5.74, 6) is -0.192. The predicted molar refractivity (Wildman–Crippen MR) is 82.4 cm³/mol. The third kappa shape index (κ3) is 5.30. The van der Waals surface area contributed by atoms with Crippen LogP contribution in [0, 0.1) is 5.92 Å². The Balaban J connectivity index is 0.00000220. The molecule has 120 valence electrons. The van der Waals surface area contributed by atoms with Gasteiger partial charge in [0.1, 0.15) is 0 Å². The minimum absolute atomic E-state index is 0. The minimum Gasteiger partial charge on any atom is -0.383 e. The fraction of sp³-hybridized carbons (Fsp3) is 0.714. The van der Waals surface area contributed by atoms with E-state index in [2.05, 4.69) is 16.7 Å². The van der Waals surface area contributed by atoms with E-state index in [1.165, 1.54) is 5.57 Å². The van der Waals surface area contributed by atoms with Crippen molar-refractivity contribution in [1.82, 2.24) is 15.5 Å². The van der Waals surface area contributed by atoms with Crippen LogP contribution in [0.15, 0.2) is 11.6 Å². The zero-order valence-electron chi connectivity index (χ0n) is 12.4. The second kappa shape index (κ2) is 9.02. The first kappa shape index (κ1) is 17.9. The number of methoxy groups -OCH3 is 1. The Kier molecular flexibility index (Phi) is 7.71. The second-order valence-corrected chi connectivity index (χ2v) is 5.27. The van der Waals surface area contributed by atoms with Gasteiger partial charge in [-0.15, -0.1) is 12.4 Å². The van der Waals surface area contributed by atoms with E-state index in [0.29, 0.717) is 32.7 Å². The molecule has 0 aromatic heterocycles. The van der Waals surface area contributed by atoms with Gasteiger partial charge < -0.3 is 20.3 Å². The molecule has 7 heteroatoms. The molecule has 1 fully saturated rings. The molecule has 0 radical (unpaired) electrons. The van der Waals surface area contributed by atoms with Gasteiger partial charge in [-0.05, 0) is 13.0 Å². The number of halogens is 1. The summed E-state index contributed by atoms with van der Waals surface area (Å²) in [7, 11) is 1.61. The van der Waals surface area contributed by atoms with Crippen molar-refractivity contribution in [3.05, 3.63) is 11.6 Å². The molecular formula is C14H24ClN3O3. The highest BCUT2D eigenvalue weighted by Gasteiger charge is 2.33. The van der Waals surface area contributed by atoms with Gasteiger partial charge in [-0.1, -0.05) is 11.6 Å². The van der Waals surface area contributed by atoms with Crippen molar-refractivity contribution < 1.29 is 14.3 Å². The molecule has 2 N–H and O–H groups in total. The molecule has 1 atom stereocenters. The lowest BCUT2D eigenvalue weighted by Crippen LogP contribution is -2.35. The van der Waals surface area contributed by atoms with Gasteiger partial charge in [0, 0.05) is 39.7 Å². The number of carbonyl (C=O) groups excluding carboxylic acids is 2. The molecule has 2 aliphatic rings. The third-order valence-corrected chi connectivity index (χ3v) is 3.80. The first-order valence-electron chi connectivity index (χ1n) is 7.13. The van der Waals surface area contributed by atoms with Crippen LogP contribution in [0.25, 0.3) is 0 Å². The van der Waals surface area contributed by atoms with Gasteiger partial charge in [0.15, 0.2) is 0 Å². The minimum atomic E-state index is -0.221. The number of ether oxygens (including phenoxy) is 1. The number of amides is 2. The number of rotatable bonds is 6. The molecule has 0 aromatic carbocycles. The highest BCUT2D eigenvalue weighted by Crippen LogP contribution is 2.17. The summed E-state index contributed by atoms with van der Waals surface area (Å²) in [5, 5.41) is 6.18. The predicted octanol–water partition coefficient (Wildman–Crippen LogP) is -0.0610. The molecule has 0 spiro atoms. The summed E-state index contributed by atoms with van der Waals surface area (Å²) in [6, 6.07) is 0. The van der Waals surface area contributed by atoms with Crippen LogP contribution in [0.1, 0.15) is 12.8 Å². The zero-order valence-corrected chi connectivity index (χ0v) is 13.2. The van der Waals surface area contributed by atoms with Crippen molar-refractivity contribution >= 4 is 24.2 Å². The van der Waals surface area contributed by atoms with Crippen LogP contribution in [-0.2, 0) is 14.3 Å². The molecule has 0 saturated carbocycles. The molecule has 1 unspecified atom stereocenters. The fourth-order valence-electron chi connectivity index (χ4n) is 2.54. The molecule has 0 bridgehead atoms. The number of hydrogen-bond acceptors (Lipinski definition) is 4. The van der Waals surface area contributed by atoms with E-state index >= 15 is 0 Å². The standard InChI is InChI=1S/C14H23N3O3.ClH/c1-20-7-6-17-10-12(8-13(17)18)14(19)16-9-11-2-4-15-5-3-11;/h2,12,15H,3-10H2,1H3,(H,16,19);1H. The van der Waals surface area contributed by atoms with Crippen molar-refractivity contribution in [3.63, 3.8) is 0 Å². The van der Waals surface area contributed by atoms with Gasteiger partial charge in [0.05, 0.1) is 12.5 Å². The van der Waals surface area contributed by atoms with Crippen LogP contribution in [0.3, 0.4) is 0 Å². The Bertz CT molecular complexity index is 401. The van der Waals surface area contributed by atoms with Crippen molar-refractivity contribution in [2.24, 2.45) is 5.92 Å². The van der Waals surface area contributed by atoms with Crippen molar-refractivity contribution in [2.45, 2.75) is 12.8 Å². The van der Waals surface area contributed by atoms with Crippen LogP contribution < -0.4 is 10.6 Å². The lowest BCUT2D eigenvalue weighted by molar-refractivity contribution is -0.129. The van der Waals surface area contributed by atoms with E-state index < -0.39 is 0 Å². The van der Waals surface area contributed by atoms with E-state index in [9.17, 15) is 9.59 Å². The van der Waals surface area contributed by atoms with Gasteiger partial charge in [-0.3, -0.25) is 9.59 Å². The van der Waals surface area contributed by atoms with E-state index in [-0.39, 0.29) is 30.1 Å². The van der Waals surface area contributed by atoms with Gasteiger partial charge in [0.25, 0.3) is 0 Å². The third-order valence-electron chi connectivity index (χ3n) is 3.80. The molecule has 2 heterocycles. The lowest BCUT2D eigenvalue weighted by Gasteiger charge is -2.17. The van der Waals surface area contributed by atoms with E-state index in [0.717, 1.165) is 19.5 Å². The van der Waals surface area contributed by atoms with Crippen molar-refractivity contribution in [3.8, 4) is 0 Å². The second-order valence-electron chi connectivity index (χ2n) is 5.27. The SMILES string of the molecule is COCCN1CC(C(=O)NCC2=CCNCC2)CC1=O.Cl. The van der Waals surface area contributed by atoms with Crippen LogP contribution in [0.2, 0.25) is 0 Å². The molecule has 0 aromatic rings. The number of hydrogen-bond donors (Lipinski definition) is 2. The van der Waals surface area contributed by atoms with Gasteiger partial charge >= 0.3 is 0 Å². The highest BCUT2D eigenvalue weighted by atomic mass is 35.5. The average Bonchev–Trinajstić information content (AvgIpc) is 2.85. The largest absolute Gasteiger partial charge is 0.383 e. The summed E-state index contributed by atoms with van der Waals surface area (Å²) in [6.07, 6.45) is 3.41. The normalized spacial score (nSPS) is 21.8. The van der Waals surface area contributed by atoms with E-state index in [4.69, 9.17) is 4.74 Å². The van der Waals surface area contributed by atoms with Crippen LogP contribution in [0.4, 0.5) is 0 Å². The summed E-state index contributed by atoms with van der Waals surface area (Å²) >= 11 is 0. The summed E-state index contributed by atoms with van der Waals surface area (Å²) in [5.41, 5.74) is 1.26. The maximum Gasteiger partial charge on any atom is 0.225 e. The molecular weight excluding hydrogens is 294 g/mol. The van der Waals surface area contributed by atoms with Gasteiger partial charge in [-0.25, -0.2) is 0 Å². The Hall–Kier alpha value is -1.11. The number of nitrogens with one attached hydrogen (secondary N) is 2. The van der Waals surface area contributed by atoms with E-state index in [1.807, 2.05) is 0 Å². The maximum atomic E-state index is 12.1. The van der Waals surface area contributed by atoms with Gasteiger partial charge in [-0.2, -0.15) is 0 Å². The Morgan fingerprint density at radius 1 is 1.57 bits per heavy atom. The lowest BCUT2D eigenvalue weighted by atomic mass is 10.1. The molecule has 2 rings (SSSR count). The Labute approximate surface area is 131 Å². The number of carbonyl (C=O) groups is 2. The van der Waals surface area contributed by atoms with Crippen molar-refractivity contribution in [2.75, 3.05) is 46.4 Å². The van der Waals surface area contributed by atoms with Crippen LogP contribution in [0.5, 0.6) is 0 Å². The molecule has 21 heavy (non-hydrogen) atoms. The fourth-order valence-corrected chi connectivity index (χ4v) is 2.54. The summed E-state index contributed by atoms with van der Waals surface area (Å²) in [6.45, 7) is 4.03. The Morgan fingerprint density at radius 3 is 3.05 bits per heavy atom. The monoisotopic (exact) mass is 317 g/mol. The zero-order chi connectivity index (χ0) is 14.4. The smallest absolute Gasteiger partial charge is 0.225 e. The van der Waals surface area contributed by atoms with E-state index in [1.54, 1.807) is 12.0 Å². The van der Waals surface area contributed by atoms with Gasteiger partial charge in [0.2, 0.25) is 11.8 Å². The first-order chi connectivity index (χ1) is 9.70. The highest BCUT2D eigenvalue weighted by molar-refractivity contribution is 5.89. The van der Waals surface area contributed by atoms with Crippen LogP contribution in [-0.4, -0.2) is 63.2 Å². The molecule has 2 aliphatic heterocycles. The maximum absolute atomic E-state index is 12.1. The van der Waals surface area contributed by atoms with Crippen LogP contribution >= 0.6 is 12.4 Å². The average molecular weight is 318 g/mol. The van der Waals surface area contributed by atoms with Crippen molar-refractivity contribution in [1.29, 1.82) is 0 Å². The molecule has 6 nitrogen and oxygen atoms in total. The summed E-state index contributed by atoms with van der Waals surface area (Å²) < 4.78 is 4.97. The number of nitrogens with zero attached hydrogens (tertiary/aromatic N) is 1. The first-order valence-corrected chi connectivity index (χ1v) is 7.13. The molecule has 2 amide bonds.